The average Bonchev–Trinajstić information content (AvgIpc) is 1.88. The molecule has 1 aliphatic rings. The number of hydrogen-bond acceptors (Lipinski definition) is 0. The molecule has 0 saturated heterocycles. The Bertz CT molecular complexity index is 106. The third-order valence-electron chi connectivity index (χ3n) is 2.23. The monoisotopic (exact) mass is 214 g/mol. The van der Waals surface area contributed by atoms with E-state index < -0.39 is 0 Å². The van der Waals surface area contributed by atoms with Crippen molar-refractivity contribution in [1.29, 1.82) is 0 Å². The van der Waals surface area contributed by atoms with Gasteiger partial charge in [0.1, 0.15) is 5.25 Å². The minimum absolute atomic E-state index is 0. The minimum atomic E-state index is 0. The zero-order chi connectivity index (χ0) is 7.56. The van der Waals surface area contributed by atoms with Gasteiger partial charge in [0.05, 0.1) is 17.9 Å². The number of hydrogen-bond donors (Lipinski definition) is 0. The number of halogens is 2. The second-order valence-electron chi connectivity index (χ2n) is 3.22. The van der Waals surface area contributed by atoms with Crippen molar-refractivity contribution in [2.24, 2.45) is 0 Å². The summed E-state index contributed by atoms with van der Waals surface area (Å²) < 4.78 is 0. The highest BCUT2D eigenvalue weighted by Crippen LogP contribution is 2.27. The summed E-state index contributed by atoms with van der Waals surface area (Å²) in [6.07, 6.45) is 9.99. The van der Waals surface area contributed by atoms with Crippen LogP contribution in [0, 0.1) is 0 Å². The average molecular weight is 215 g/mol. The maximum absolute atomic E-state index is 6.18. The van der Waals surface area contributed by atoms with Gasteiger partial charge < -0.3 is 12.4 Å². The van der Waals surface area contributed by atoms with Gasteiger partial charge in [-0.1, -0.05) is 6.42 Å². The lowest BCUT2D eigenvalue weighted by Gasteiger charge is -2.23. The van der Waals surface area contributed by atoms with E-state index in [9.17, 15) is 0 Å². The molecule has 0 aliphatic heterocycles. The molecule has 1 saturated carbocycles. The van der Waals surface area contributed by atoms with Crippen LogP contribution >= 0.6 is 11.6 Å². The summed E-state index contributed by atoms with van der Waals surface area (Å²) in [5.74, 6) is 0. The van der Waals surface area contributed by atoms with Crippen LogP contribution in [0.1, 0.15) is 25.7 Å². The van der Waals surface area contributed by atoms with Crippen LogP contribution in [0.25, 0.3) is 0 Å². The van der Waals surface area contributed by atoms with Gasteiger partial charge in [-0.3, -0.25) is 0 Å². The van der Waals surface area contributed by atoms with Gasteiger partial charge in [-0.2, -0.15) is 0 Å². The summed E-state index contributed by atoms with van der Waals surface area (Å²) >= 11 is 6.18. The lowest BCUT2D eigenvalue weighted by Crippen LogP contribution is -3.00. The fraction of sp³-hybridized carbons (Fsp3) is 1.00. The molecule has 0 nitrogen and oxygen atoms in total. The van der Waals surface area contributed by atoms with Crippen LogP contribution < -0.4 is 12.4 Å². The predicted octanol–water partition coefficient (Wildman–Crippen LogP) is -0.582. The number of alkyl halides is 1. The molecule has 2 unspecified atom stereocenters. The predicted molar refractivity (Wildman–Crippen MR) is 51.1 cm³/mol. The molecule has 0 N–H and O–H groups in total. The van der Waals surface area contributed by atoms with E-state index in [-0.39, 0.29) is 12.4 Å². The highest BCUT2D eigenvalue weighted by atomic mass is 35.5. The van der Waals surface area contributed by atoms with E-state index in [1.807, 2.05) is 0 Å². The molecule has 11 heavy (non-hydrogen) atoms. The standard InChI is InChI=1S/C8H16ClS.ClH/c1-10(2)8-6-4-3-5-7(8)9;/h7-8H,3-6H2,1-2H3;1H/q+1;/p-1. The largest absolute Gasteiger partial charge is 1.00 e. The van der Waals surface area contributed by atoms with Crippen molar-refractivity contribution < 1.29 is 12.4 Å². The molecule has 0 heterocycles. The molecule has 1 fully saturated rings. The summed E-state index contributed by atoms with van der Waals surface area (Å²) in [4.78, 5) is 0. The van der Waals surface area contributed by atoms with Gasteiger partial charge in [0.25, 0.3) is 0 Å². The van der Waals surface area contributed by atoms with Gasteiger partial charge in [-0.25, -0.2) is 0 Å². The Kier molecular flexibility index (Phi) is 6.02. The molecule has 1 rings (SSSR count). The van der Waals surface area contributed by atoms with Crippen LogP contribution in [0.2, 0.25) is 0 Å². The van der Waals surface area contributed by atoms with Crippen molar-refractivity contribution in [2.45, 2.75) is 36.3 Å². The first-order chi connectivity index (χ1) is 4.72. The van der Waals surface area contributed by atoms with Crippen molar-refractivity contribution in [3.63, 3.8) is 0 Å². The zero-order valence-corrected chi connectivity index (χ0v) is 9.48. The SMILES string of the molecule is C[S+](C)C1CCCCC1Cl.[Cl-]. The Balaban J connectivity index is 0.000001000. The molecule has 0 bridgehead atoms. The van der Waals surface area contributed by atoms with Gasteiger partial charge in [0.2, 0.25) is 0 Å². The van der Waals surface area contributed by atoms with Crippen molar-refractivity contribution in [3.8, 4) is 0 Å². The van der Waals surface area contributed by atoms with Crippen LogP contribution in [0.5, 0.6) is 0 Å². The zero-order valence-electron chi connectivity index (χ0n) is 7.15. The summed E-state index contributed by atoms with van der Waals surface area (Å²) in [5.41, 5.74) is 0. The molecular formula is C8H16Cl2S. The quantitative estimate of drug-likeness (QED) is 0.405. The Labute approximate surface area is 83.8 Å². The van der Waals surface area contributed by atoms with E-state index in [2.05, 4.69) is 12.5 Å². The second-order valence-corrected chi connectivity index (χ2v) is 6.14. The Hall–Kier alpha value is 0.930. The molecule has 2 atom stereocenters. The summed E-state index contributed by atoms with van der Waals surface area (Å²) in [6, 6.07) is 0. The fourth-order valence-electron chi connectivity index (χ4n) is 1.58. The molecule has 0 amide bonds. The van der Waals surface area contributed by atoms with Crippen LogP contribution in [-0.2, 0) is 10.9 Å². The van der Waals surface area contributed by atoms with Crippen LogP contribution in [0.3, 0.4) is 0 Å². The molecule has 1 aliphatic carbocycles. The van der Waals surface area contributed by atoms with E-state index in [0.29, 0.717) is 16.3 Å². The minimum Gasteiger partial charge on any atom is -1.00 e. The van der Waals surface area contributed by atoms with E-state index in [4.69, 9.17) is 11.6 Å². The number of rotatable bonds is 1. The highest BCUT2D eigenvalue weighted by Gasteiger charge is 2.31. The molecule has 3 heteroatoms. The fourth-order valence-corrected chi connectivity index (χ4v) is 3.84. The van der Waals surface area contributed by atoms with Gasteiger partial charge in [0.15, 0.2) is 0 Å². The molecule has 0 spiro atoms. The summed E-state index contributed by atoms with van der Waals surface area (Å²) in [6.45, 7) is 0. The highest BCUT2D eigenvalue weighted by molar-refractivity contribution is 7.96. The smallest absolute Gasteiger partial charge is 0.133 e. The molecule has 0 aromatic rings. The topological polar surface area (TPSA) is 0 Å². The van der Waals surface area contributed by atoms with Crippen molar-refractivity contribution >= 4 is 22.5 Å². The third kappa shape index (κ3) is 3.43. The van der Waals surface area contributed by atoms with Crippen LogP contribution in [0.4, 0.5) is 0 Å². The Morgan fingerprint density at radius 1 is 1.18 bits per heavy atom. The first kappa shape index (κ1) is 11.9. The van der Waals surface area contributed by atoms with Crippen molar-refractivity contribution in [2.75, 3.05) is 12.5 Å². The second kappa shape index (κ2) is 5.55. The lowest BCUT2D eigenvalue weighted by molar-refractivity contribution is -0.00000215. The van der Waals surface area contributed by atoms with Gasteiger partial charge in [-0.05, 0) is 30.2 Å². The summed E-state index contributed by atoms with van der Waals surface area (Å²) in [7, 11) is 0.536. The molecule has 0 radical (unpaired) electrons. The van der Waals surface area contributed by atoms with E-state index in [0.717, 1.165) is 5.25 Å². The molecule has 0 aromatic heterocycles. The van der Waals surface area contributed by atoms with Gasteiger partial charge >= 0.3 is 0 Å². The van der Waals surface area contributed by atoms with Crippen molar-refractivity contribution in [1.82, 2.24) is 0 Å². The maximum atomic E-state index is 6.18. The molecular weight excluding hydrogens is 199 g/mol. The maximum Gasteiger partial charge on any atom is 0.133 e. The van der Waals surface area contributed by atoms with Gasteiger partial charge in [-0.15, -0.1) is 11.6 Å². The van der Waals surface area contributed by atoms with Crippen LogP contribution in [0.15, 0.2) is 0 Å². The van der Waals surface area contributed by atoms with Crippen molar-refractivity contribution in [3.05, 3.63) is 0 Å². The molecule has 0 aromatic carbocycles. The normalized spacial score (nSPS) is 31.6. The van der Waals surface area contributed by atoms with E-state index in [1.54, 1.807) is 0 Å². The Morgan fingerprint density at radius 2 is 1.73 bits per heavy atom. The van der Waals surface area contributed by atoms with Gasteiger partial charge in [0, 0.05) is 0 Å². The Morgan fingerprint density at radius 3 is 2.09 bits per heavy atom. The third-order valence-corrected chi connectivity index (χ3v) is 4.67. The summed E-state index contributed by atoms with van der Waals surface area (Å²) in [5, 5.41) is 1.29. The lowest BCUT2D eigenvalue weighted by atomic mass is 10.00. The van der Waals surface area contributed by atoms with E-state index in [1.165, 1.54) is 25.7 Å². The van der Waals surface area contributed by atoms with Crippen LogP contribution in [-0.4, -0.2) is 23.1 Å². The molecule has 68 valence electrons. The first-order valence-electron chi connectivity index (χ1n) is 3.92. The van der Waals surface area contributed by atoms with E-state index >= 15 is 0 Å². The first-order valence-corrected chi connectivity index (χ1v) is 6.46.